The van der Waals surface area contributed by atoms with E-state index in [1.54, 1.807) is 0 Å². The quantitative estimate of drug-likeness (QED) is 0.109. The van der Waals surface area contributed by atoms with Crippen LogP contribution in [0.25, 0.3) is 0 Å². The molecule has 188 valence electrons. The fraction of sp³-hybridized carbons (Fsp3) is 0.656. The van der Waals surface area contributed by atoms with Gasteiger partial charge in [0.1, 0.15) is 6.61 Å². The Morgan fingerprint density at radius 1 is 0.647 bits per heavy atom. The molecule has 1 aromatic rings. The van der Waals surface area contributed by atoms with Crippen molar-refractivity contribution < 1.29 is 9.53 Å². The molecule has 0 radical (unpaired) electrons. The van der Waals surface area contributed by atoms with E-state index in [0.717, 1.165) is 37.7 Å². The summed E-state index contributed by atoms with van der Waals surface area (Å²) in [6.45, 7) is 2.65. The number of ether oxygens (including phenoxy) is 1. The van der Waals surface area contributed by atoms with Crippen LogP contribution in [0.4, 0.5) is 0 Å². The van der Waals surface area contributed by atoms with Crippen molar-refractivity contribution in [1.82, 2.24) is 0 Å². The molecule has 0 fully saturated rings. The topological polar surface area (TPSA) is 26.3 Å². The summed E-state index contributed by atoms with van der Waals surface area (Å²) < 4.78 is 5.31. The summed E-state index contributed by atoms with van der Waals surface area (Å²) in [5, 5.41) is 0. The van der Waals surface area contributed by atoms with E-state index in [1.807, 2.05) is 30.3 Å². The standard InChI is InChI=1S/C32H48O2/c1-2-3-4-5-6-7-8-9-10-11-12-13-14-15-16-17-18-19-20-21-22-26-29-32(33)34-30-31-27-24-23-25-28-31/h23-25,27-28H,2-12,17-22,26,29-30H2,1H3. The van der Waals surface area contributed by atoms with Crippen LogP contribution in [0.1, 0.15) is 134 Å². The lowest BCUT2D eigenvalue weighted by Gasteiger charge is -2.05. The summed E-state index contributed by atoms with van der Waals surface area (Å²) in [4.78, 5) is 11.8. The largest absolute Gasteiger partial charge is 0.461 e. The second kappa shape index (κ2) is 24.0. The van der Waals surface area contributed by atoms with Gasteiger partial charge < -0.3 is 4.74 Å². The molecule has 1 rings (SSSR count). The van der Waals surface area contributed by atoms with E-state index in [9.17, 15) is 4.79 Å². The molecular formula is C32H48O2. The summed E-state index contributed by atoms with van der Waals surface area (Å²) in [5.41, 5.74) is 1.04. The minimum Gasteiger partial charge on any atom is -0.461 e. The van der Waals surface area contributed by atoms with Crippen LogP contribution in [-0.4, -0.2) is 5.97 Å². The molecule has 0 aromatic heterocycles. The average molecular weight is 465 g/mol. The van der Waals surface area contributed by atoms with Gasteiger partial charge in [-0.05, 0) is 36.7 Å². The Kier molecular flexibility index (Phi) is 21.0. The van der Waals surface area contributed by atoms with Gasteiger partial charge in [-0.2, -0.15) is 0 Å². The predicted molar refractivity (Wildman–Crippen MR) is 145 cm³/mol. The second-order valence-electron chi connectivity index (χ2n) is 9.30. The van der Waals surface area contributed by atoms with Crippen LogP contribution in [0.5, 0.6) is 0 Å². The van der Waals surface area contributed by atoms with Gasteiger partial charge in [0.05, 0.1) is 0 Å². The number of hydrogen-bond acceptors (Lipinski definition) is 2. The van der Waals surface area contributed by atoms with Crippen LogP contribution in [0, 0.1) is 23.7 Å². The van der Waals surface area contributed by atoms with Crippen LogP contribution >= 0.6 is 0 Å². The molecule has 0 unspecified atom stereocenters. The fourth-order valence-electron chi connectivity index (χ4n) is 3.91. The highest BCUT2D eigenvalue weighted by atomic mass is 16.5. The molecule has 0 spiro atoms. The smallest absolute Gasteiger partial charge is 0.306 e. The third-order valence-electron chi connectivity index (χ3n) is 6.07. The van der Waals surface area contributed by atoms with E-state index in [4.69, 9.17) is 4.74 Å². The highest BCUT2D eigenvalue weighted by molar-refractivity contribution is 5.69. The molecule has 0 saturated carbocycles. The lowest BCUT2D eigenvalue weighted by Crippen LogP contribution is -2.04. The maximum Gasteiger partial charge on any atom is 0.306 e. The van der Waals surface area contributed by atoms with Gasteiger partial charge in [-0.3, -0.25) is 4.79 Å². The van der Waals surface area contributed by atoms with Crippen LogP contribution < -0.4 is 0 Å². The Hall–Kier alpha value is -2.19. The molecule has 2 nitrogen and oxygen atoms in total. The predicted octanol–water partition coefficient (Wildman–Crippen LogP) is 9.17. The molecule has 0 heterocycles. The van der Waals surface area contributed by atoms with E-state index in [2.05, 4.69) is 30.6 Å². The van der Waals surface area contributed by atoms with Crippen molar-refractivity contribution in [3.05, 3.63) is 35.9 Å². The zero-order chi connectivity index (χ0) is 24.4. The molecule has 2 heteroatoms. The molecule has 0 bridgehead atoms. The molecule has 0 aliphatic rings. The van der Waals surface area contributed by atoms with Crippen LogP contribution in [0.15, 0.2) is 30.3 Å². The van der Waals surface area contributed by atoms with Crippen molar-refractivity contribution in [2.24, 2.45) is 0 Å². The summed E-state index contributed by atoms with van der Waals surface area (Å²) in [5.74, 6) is 12.3. The SMILES string of the molecule is CCCCCCCCCCCCC#CC#CCCCCCCCCC(=O)OCc1ccccc1. The zero-order valence-electron chi connectivity index (χ0n) is 21.8. The first kappa shape index (κ1) is 29.8. The number of unbranched alkanes of at least 4 members (excludes halogenated alkanes) is 16. The Morgan fingerprint density at radius 2 is 1.12 bits per heavy atom. The van der Waals surface area contributed by atoms with E-state index < -0.39 is 0 Å². The maximum absolute atomic E-state index is 11.8. The lowest BCUT2D eigenvalue weighted by atomic mass is 10.1. The van der Waals surface area contributed by atoms with Crippen molar-refractivity contribution in [1.29, 1.82) is 0 Å². The van der Waals surface area contributed by atoms with Crippen LogP contribution in [0.2, 0.25) is 0 Å². The van der Waals surface area contributed by atoms with Gasteiger partial charge in [0.15, 0.2) is 0 Å². The first-order valence-electron chi connectivity index (χ1n) is 14.0. The number of carbonyl (C=O) groups is 1. The molecule has 0 amide bonds. The molecule has 0 aliphatic carbocycles. The van der Waals surface area contributed by atoms with E-state index in [0.29, 0.717) is 13.0 Å². The maximum atomic E-state index is 11.8. The molecular weight excluding hydrogens is 416 g/mol. The third kappa shape index (κ3) is 20.4. The first-order chi connectivity index (χ1) is 16.8. The summed E-state index contributed by atoms with van der Waals surface area (Å²) in [6, 6.07) is 9.84. The van der Waals surface area contributed by atoms with Gasteiger partial charge in [-0.25, -0.2) is 0 Å². The van der Waals surface area contributed by atoms with Gasteiger partial charge in [0, 0.05) is 19.3 Å². The summed E-state index contributed by atoms with van der Waals surface area (Å²) in [7, 11) is 0. The normalized spacial score (nSPS) is 10.1. The van der Waals surface area contributed by atoms with Gasteiger partial charge >= 0.3 is 5.97 Å². The zero-order valence-corrected chi connectivity index (χ0v) is 21.8. The lowest BCUT2D eigenvalue weighted by molar-refractivity contribution is -0.145. The molecule has 0 N–H and O–H groups in total. The third-order valence-corrected chi connectivity index (χ3v) is 6.07. The Labute approximate surface area is 210 Å². The molecule has 0 atom stereocenters. The Bertz CT molecular complexity index is 714. The Balaban J connectivity index is 1.81. The van der Waals surface area contributed by atoms with Crippen molar-refractivity contribution >= 4 is 5.97 Å². The monoisotopic (exact) mass is 464 g/mol. The number of rotatable bonds is 20. The van der Waals surface area contributed by atoms with Crippen molar-refractivity contribution in [2.45, 2.75) is 136 Å². The first-order valence-corrected chi connectivity index (χ1v) is 14.0. The molecule has 1 aromatic carbocycles. The number of carbonyl (C=O) groups excluding carboxylic acids is 1. The van der Waals surface area contributed by atoms with Gasteiger partial charge in [-0.15, -0.1) is 0 Å². The van der Waals surface area contributed by atoms with E-state index in [-0.39, 0.29) is 5.97 Å². The number of hydrogen-bond donors (Lipinski definition) is 0. The van der Waals surface area contributed by atoms with Gasteiger partial charge in [0.2, 0.25) is 0 Å². The highest BCUT2D eigenvalue weighted by Crippen LogP contribution is 2.11. The fourth-order valence-corrected chi connectivity index (χ4v) is 3.91. The van der Waals surface area contributed by atoms with Gasteiger partial charge in [-0.1, -0.05) is 133 Å². The van der Waals surface area contributed by atoms with E-state index >= 15 is 0 Å². The minimum atomic E-state index is -0.0894. The van der Waals surface area contributed by atoms with Crippen LogP contribution in [0.3, 0.4) is 0 Å². The van der Waals surface area contributed by atoms with Crippen LogP contribution in [-0.2, 0) is 16.1 Å². The number of benzene rings is 1. The number of esters is 1. The van der Waals surface area contributed by atoms with Crippen molar-refractivity contribution in [3.8, 4) is 23.7 Å². The molecule has 34 heavy (non-hydrogen) atoms. The summed E-state index contributed by atoms with van der Waals surface area (Å²) >= 11 is 0. The Morgan fingerprint density at radius 3 is 1.65 bits per heavy atom. The molecule has 0 aliphatic heterocycles. The van der Waals surface area contributed by atoms with E-state index in [1.165, 1.54) is 83.5 Å². The van der Waals surface area contributed by atoms with Crippen molar-refractivity contribution in [2.75, 3.05) is 0 Å². The van der Waals surface area contributed by atoms with Crippen molar-refractivity contribution in [3.63, 3.8) is 0 Å². The minimum absolute atomic E-state index is 0.0894. The second-order valence-corrected chi connectivity index (χ2v) is 9.30. The average Bonchev–Trinajstić information content (AvgIpc) is 2.86. The summed E-state index contributed by atoms with van der Waals surface area (Å²) in [6.07, 6.45) is 22.9. The molecule has 0 saturated heterocycles. The van der Waals surface area contributed by atoms with Gasteiger partial charge in [0.25, 0.3) is 0 Å². The highest BCUT2D eigenvalue weighted by Gasteiger charge is 2.03.